The molecular weight excluding hydrogens is 648 g/mol. The first kappa shape index (κ1) is 36.0. The molecule has 0 radical (unpaired) electrons. The number of rotatable bonds is 10. The number of aromatic nitrogens is 3. The van der Waals surface area contributed by atoms with Crippen LogP contribution in [0.2, 0.25) is 13.1 Å². The Balaban J connectivity index is 1.50. The number of ether oxygens (including phenoxy) is 3. The summed E-state index contributed by atoms with van der Waals surface area (Å²) >= 11 is 0. The number of nitrogens with two attached hydrogens (primary N) is 1. The van der Waals surface area contributed by atoms with Gasteiger partial charge >= 0.3 is 12.1 Å². The van der Waals surface area contributed by atoms with Crippen LogP contribution in [0.25, 0.3) is 16.7 Å². The molecule has 15 heteroatoms. The van der Waals surface area contributed by atoms with Crippen LogP contribution in [0, 0.1) is 11.3 Å². The summed E-state index contributed by atoms with van der Waals surface area (Å²) in [7, 11) is -1.70. The number of aliphatic hydroxyl groups is 1. The van der Waals surface area contributed by atoms with E-state index >= 15 is 0 Å². The van der Waals surface area contributed by atoms with E-state index in [0.717, 1.165) is 5.56 Å². The summed E-state index contributed by atoms with van der Waals surface area (Å²) < 4.78 is 26.4. The lowest BCUT2D eigenvalue weighted by Crippen LogP contribution is -2.55. The Bertz CT molecular complexity index is 1740. The predicted molar refractivity (Wildman–Crippen MR) is 184 cm³/mol. The smallest absolute Gasteiger partial charge is 0.408 e. The highest BCUT2D eigenvalue weighted by molar-refractivity contribution is 6.48. The lowest BCUT2D eigenvalue weighted by Gasteiger charge is -2.39. The summed E-state index contributed by atoms with van der Waals surface area (Å²) in [4.78, 5) is 47.9. The van der Waals surface area contributed by atoms with Crippen LogP contribution in [0.1, 0.15) is 58.9 Å². The number of hydrogen-bond acceptors (Lipinski definition) is 11. The van der Waals surface area contributed by atoms with Gasteiger partial charge in [0.1, 0.15) is 42.1 Å². The quantitative estimate of drug-likeness (QED) is 0.179. The van der Waals surface area contributed by atoms with Crippen molar-refractivity contribution < 1.29 is 38.1 Å². The molecule has 1 aromatic carbocycles. The van der Waals surface area contributed by atoms with Gasteiger partial charge < -0.3 is 44.7 Å². The number of benzene rings is 1. The minimum atomic E-state index is -1.86. The summed E-state index contributed by atoms with van der Waals surface area (Å²) in [5, 5.41) is 18.2. The van der Waals surface area contributed by atoms with Crippen molar-refractivity contribution in [2.75, 3.05) is 5.32 Å². The van der Waals surface area contributed by atoms with Gasteiger partial charge in [0, 0.05) is 23.5 Å². The third-order valence-electron chi connectivity index (χ3n) is 8.58. The van der Waals surface area contributed by atoms with E-state index in [1.165, 1.54) is 19.3 Å². The average Bonchev–Trinajstić information content (AvgIpc) is 3.48. The minimum absolute atomic E-state index is 0.0205. The Morgan fingerprint density at radius 3 is 2.53 bits per heavy atom. The molecule has 49 heavy (non-hydrogen) atoms. The van der Waals surface area contributed by atoms with Crippen LogP contribution in [0.4, 0.5) is 10.6 Å². The van der Waals surface area contributed by atoms with Crippen LogP contribution in [0.15, 0.2) is 48.9 Å². The molecule has 2 aliphatic rings. The van der Waals surface area contributed by atoms with Crippen LogP contribution in [0.5, 0.6) is 0 Å². The highest BCUT2D eigenvalue weighted by Crippen LogP contribution is 2.47. The van der Waals surface area contributed by atoms with Gasteiger partial charge in [0.25, 0.3) is 5.91 Å². The van der Waals surface area contributed by atoms with E-state index < -0.39 is 74.5 Å². The fraction of sp³-hybridized carbons (Fsp3) is 0.500. The van der Waals surface area contributed by atoms with Gasteiger partial charge in [-0.25, -0.2) is 19.6 Å². The van der Waals surface area contributed by atoms with Gasteiger partial charge in [0.2, 0.25) is 0 Å². The highest BCUT2D eigenvalue weighted by Gasteiger charge is 2.60. The first-order chi connectivity index (χ1) is 23.0. The normalized spacial score (nSPS) is 23.5. The molecule has 3 aromatic rings. The van der Waals surface area contributed by atoms with E-state index in [0.29, 0.717) is 16.6 Å². The molecule has 2 aliphatic heterocycles. The number of nitrogens with zero attached hydrogens (tertiary/aromatic N) is 3. The maximum Gasteiger partial charge on any atom is 0.408 e. The number of esters is 1. The van der Waals surface area contributed by atoms with Crippen molar-refractivity contribution in [3.05, 3.63) is 60.1 Å². The molecule has 0 bridgehead atoms. The second kappa shape index (κ2) is 13.9. The van der Waals surface area contributed by atoms with Gasteiger partial charge in [0.05, 0.1) is 11.5 Å². The van der Waals surface area contributed by atoms with E-state index in [9.17, 15) is 19.5 Å². The van der Waals surface area contributed by atoms with Gasteiger partial charge in [-0.2, -0.15) is 0 Å². The van der Waals surface area contributed by atoms with Crippen LogP contribution in [0.3, 0.4) is 0 Å². The number of nitrogens with one attached hydrogen (secondary N) is 2. The van der Waals surface area contributed by atoms with Crippen LogP contribution in [-0.4, -0.2) is 76.6 Å². The standard InChI is InChI=1S/C34H46N6O8Si/c1-18(2)24(39-32(43)45-16-19-12-10-9-11-13-19)30(42)47-27-25(26(33(3,4)5)48-49(7)8)46-31(34(27,6)44)40-15-20-21(35)14-22(41)38-28-23(20)29(40)37-17-36-28/h9-15,17-18,24-27,31,44,49H,16,35H2,1-8H3,(H,39,43)(H,36,37,38,41). The number of hydrogen-bond donors (Lipinski definition) is 4. The summed E-state index contributed by atoms with van der Waals surface area (Å²) in [6, 6.07) is 8.07. The van der Waals surface area contributed by atoms with Crippen molar-refractivity contribution in [3.8, 4) is 0 Å². The third-order valence-corrected chi connectivity index (χ3v) is 9.42. The van der Waals surface area contributed by atoms with Crippen LogP contribution in [-0.2, 0) is 34.8 Å². The molecule has 4 heterocycles. The number of alkyl carbamates (subject to hydrolysis) is 1. The second-order valence-corrected chi connectivity index (χ2v) is 16.8. The molecule has 6 unspecified atom stereocenters. The minimum Gasteiger partial charge on any atom is -0.455 e. The Kier molecular flexibility index (Phi) is 10.2. The number of carbonyl (C=O) groups excluding carboxylic acids is 3. The van der Waals surface area contributed by atoms with Gasteiger partial charge in [0.15, 0.2) is 21.4 Å². The SMILES string of the molecule is CC(C)C(NC(=O)OCc1ccccc1)C(=O)OC1C(C(O[SiH](C)C)C(C)(C)C)OC(n2cc3c4c(ncnc42)NC(=O)C=C3N)C1(C)O. The fourth-order valence-electron chi connectivity index (χ4n) is 6.20. The first-order valence-electron chi connectivity index (χ1n) is 16.3. The summed E-state index contributed by atoms with van der Waals surface area (Å²) in [6.45, 7) is 15.1. The maximum atomic E-state index is 14.0. The monoisotopic (exact) mass is 694 g/mol. The largest absolute Gasteiger partial charge is 0.455 e. The zero-order chi connectivity index (χ0) is 35.8. The second-order valence-electron chi connectivity index (χ2n) is 14.4. The van der Waals surface area contributed by atoms with Gasteiger partial charge in [-0.3, -0.25) is 4.79 Å². The van der Waals surface area contributed by atoms with Crippen LogP contribution >= 0.6 is 0 Å². The molecule has 2 aromatic heterocycles. The van der Waals surface area contributed by atoms with Crippen molar-refractivity contribution >= 4 is 49.6 Å². The molecule has 14 nitrogen and oxygen atoms in total. The first-order valence-corrected chi connectivity index (χ1v) is 19.1. The lowest BCUT2D eigenvalue weighted by atomic mass is 9.82. The highest BCUT2D eigenvalue weighted by atomic mass is 28.3. The van der Waals surface area contributed by atoms with Crippen LogP contribution < -0.4 is 16.4 Å². The third kappa shape index (κ3) is 7.49. The van der Waals surface area contributed by atoms with E-state index in [-0.39, 0.29) is 18.1 Å². The maximum absolute atomic E-state index is 14.0. The van der Waals surface area contributed by atoms with Gasteiger partial charge in [-0.15, -0.1) is 0 Å². The Hall–Kier alpha value is -4.31. The molecule has 1 fully saturated rings. The van der Waals surface area contributed by atoms with E-state index in [2.05, 4.69) is 20.6 Å². The number of anilines is 1. The molecule has 0 spiro atoms. The van der Waals surface area contributed by atoms with Crippen molar-refractivity contribution in [1.82, 2.24) is 19.9 Å². The number of amides is 2. The molecule has 2 amide bonds. The Morgan fingerprint density at radius 1 is 1.20 bits per heavy atom. The van der Waals surface area contributed by atoms with Gasteiger partial charge in [-0.1, -0.05) is 65.0 Å². The van der Waals surface area contributed by atoms with Crippen molar-refractivity contribution in [2.24, 2.45) is 17.1 Å². The predicted octanol–water partition coefficient (Wildman–Crippen LogP) is 3.61. The molecular formula is C34H46N6O8Si. The number of carbonyl (C=O) groups is 3. The van der Waals surface area contributed by atoms with E-state index in [1.54, 1.807) is 24.6 Å². The Labute approximate surface area is 287 Å². The topological polar surface area (TPSA) is 189 Å². The zero-order valence-corrected chi connectivity index (χ0v) is 30.2. The molecule has 6 atom stereocenters. The lowest BCUT2D eigenvalue weighted by molar-refractivity contribution is -0.171. The van der Waals surface area contributed by atoms with Crippen molar-refractivity contribution in [3.63, 3.8) is 0 Å². The van der Waals surface area contributed by atoms with Gasteiger partial charge in [-0.05, 0) is 36.9 Å². The molecule has 5 rings (SSSR count). The summed E-state index contributed by atoms with van der Waals surface area (Å²) in [6.07, 6.45) is -0.563. The van der Waals surface area contributed by atoms with E-state index in [4.69, 9.17) is 24.4 Å². The molecule has 5 N–H and O–H groups in total. The molecule has 264 valence electrons. The van der Waals surface area contributed by atoms with Crippen molar-refractivity contribution in [2.45, 2.75) is 97.4 Å². The molecule has 0 saturated carbocycles. The molecule has 0 aliphatic carbocycles. The zero-order valence-electron chi connectivity index (χ0n) is 29.1. The molecule has 1 saturated heterocycles. The fourth-order valence-corrected chi connectivity index (χ4v) is 7.35. The van der Waals surface area contributed by atoms with Crippen molar-refractivity contribution in [1.29, 1.82) is 0 Å². The average molecular weight is 695 g/mol. The van der Waals surface area contributed by atoms with E-state index in [1.807, 2.05) is 64.2 Å². The Morgan fingerprint density at radius 2 is 1.90 bits per heavy atom. The summed E-state index contributed by atoms with van der Waals surface area (Å²) in [5.41, 5.74) is 5.72. The summed E-state index contributed by atoms with van der Waals surface area (Å²) in [5.74, 6) is -1.34.